The lowest BCUT2D eigenvalue weighted by atomic mass is 10.5. The van der Waals surface area contributed by atoms with Crippen LogP contribution in [0.25, 0.3) is 0 Å². The minimum atomic E-state index is -3.26. The Bertz CT molecular complexity index is 355. The van der Waals surface area contributed by atoms with Crippen LogP contribution in [0.3, 0.4) is 0 Å². The minimum Gasteiger partial charge on any atom is -0.288 e. The minimum absolute atomic E-state index is 0.00178. The van der Waals surface area contributed by atoms with Crippen LogP contribution in [-0.4, -0.2) is 19.2 Å². The van der Waals surface area contributed by atoms with Crippen LogP contribution < -0.4 is 0 Å². The summed E-state index contributed by atoms with van der Waals surface area (Å²) < 4.78 is 22.3. The van der Waals surface area contributed by atoms with E-state index >= 15 is 0 Å². The van der Waals surface area contributed by atoms with E-state index in [2.05, 4.69) is 4.98 Å². The van der Waals surface area contributed by atoms with Gasteiger partial charge in [0.25, 0.3) is 0 Å². The van der Waals surface area contributed by atoms with E-state index in [9.17, 15) is 13.5 Å². The van der Waals surface area contributed by atoms with Crippen LogP contribution in [0.4, 0.5) is 0 Å². The van der Waals surface area contributed by atoms with Crippen molar-refractivity contribution in [2.24, 2.45) is 0 Å². The molecule has 0 N–H and O–H groups in total. The Hall–Kier alpha value is -1.10. The molecule has 0 amide bonds. The molecule has 0 saturated heterocycles. The first-order valence-corrected chi connectivity index (χ1v) is 5.07. The van der Waals surface area contributed by atoms with Gasteiger partial charge in [0.2, 0.25) is 0 Å². The van der Waals surface area contributed by atoms with Gasteiger partial charge in [0.15, 0.2) is 20.6 Å². The maximum absolute atomic E-state index is 11.1. The molecule has 1 aromatic rings. The quantitative estimate of drug-likeness (QED) is 0.692. The maximum atomic E-state index is 11.1. The molecule has 4 nitrogen and oxygen atoms in total. The Morgan fingerprint density at radius 1 is 1.42 bits per heavy atom. The van der Waals surface area contributed by atoms with Gasteiger partial charge in [-0.2, -0.15) is 0 Å². The van der Waals surface area contributed by atoms with Gasteiger partial charge in [-0.25, -0.2) is 13.4 Å². The van der Waals surface area contributed by atoms with Gasteiger partial charge >= 0.3 is 0 Å². The zero-order valence-electron chi connectivity index (χ0n) is 6.52. The Morgan fingerprint density at radius 2 is 2.08 bits per heavy atom. The molecular weight excluding hydrogens is 178 g/mol. The molecule has 0 aliphatic rings. The van der Waals surface area contributed by atoms with Crippen molar-refractivity contribution in [3.63, 3.8) is 0 Å². The fourth-order valence-corrected chi connectivity index (χ4v) is 1.48. The molecule has 0 bridgehead atoms. The average molecular weight is 186 g/mol. The van der Waals surface area contributed by atoms with Gasteiger partial charge < -0.3 is 0 Å². The Morgan fingerprint density at radius 3 is 2.50 bits per heavy atom. The number of rotatable bonds is 2. The molecule has 1 aromatic heterocycles. The first-order valence-electron chi connectivity index (χ1n) is 3.42. The van der Waals surface area contributed by atoms with Crippen LogP contribution in [-0.2, 0) is 14.9 Å². The summed E-state index contributed by atoms with van der Waals surface area (Å²) >= 11 is 0. The van der Waals surface area contributed by atoms with Crippen molar-refractivity contribution in [3.05, 3.63) is 18.3 Å². The summed E-state index contributed by atoms with van der Waals surface area (Å²) in [4.78, 5) is 3.52. The van der Waals surface area contributed by atoms with Crippen molar-refractivity contribution in [2.75, 3.05) is 5.75 Å². The largest absolute Gasteiger partial charge is 0.288 e. The molecule has 5 heteroatoms. The third kappa shape index (κ3) is 1.73. The van der Waals surface area contributed by atoms with Crippen molar-refractivity contribution in [2.45, 2.75) is 11.9 Å². The number of sulfone groups is 1. The molecule has 0 saturated carbocycles. The van der Waals surface area contributed by atoms with Gasteiger partial charge in [-0.3, -0.25) is 5.11 Å². The molecule has 0 aliphatic carbocycles. The standard InChI is InChI=1S/C7H8NO3S/c1-2-12(10,11)7-4-3-6(9)5-8-7/h3-5H,2H2,1H3. The number of hydrogen-bond donors (Lipinski definition) is 0. The SMILES string of the molecule is CCS(=O)(=O)c1ccc([O])cn1. The molecule has 0 aliphatic heterocycles. The molecule has 0 spiro atoms. The van der Waals surface area contributed by atoms with Crippen molar-refractivity contribution in [1.29, 1.82) is 0 Å². The number of hydrogen-bond acceptors (Lipinski definition) is 3. The van der Waals surface area contributed by atoms with Gasteiger partial charge in [-0.1, -0.05) is 6.92 Å². The predicted molar refractivity (Wildman–Crippen MR) is 42.1 cm³/mol. The summed E-state index contributed by atoms with van der Waals surface area (Å²) in [5.41, 5.74) is 0. The Balaban J connectivity index is 3.14. The molecule has 1 heterocycles. The summed E-state index contributed by atoms with van der Waals surface area (Å²) in [7, 11) is -3.26. The fourth-order valence-electron chi connectivity index (χ4n) is 0.699. The molecule has 65 valence electrons. The number of nitrogens with zero attached hydrogens (tertiary/aromatic N) is 1. The highest BCUT2D eigenvalue weighted by molar-refractivity contribution is 7.91. The molecule has 1 rings (SSSR count). The lowest BCUT2D eigenvalue weighted by Crippen LogP contribution is -2.05. The van der Waals surface area contributed by atoms with Crippen molar-refractivity contribution in [3.8, 4) is 5.75 Å². The summed E-state index contributed by atoms with van der Waals surface area (Å²) in [5, 5.41) is 10.5. The van der Waals surface area contributed by atoms with E-state index < -0.39 is 9.84 Å². The zero-order valence-corrected chi connectivity index (χ0v) is 7.34. The maximum Gasteiger partial charge on any atom is 0.196 e. The smallest absolute Gasteiger partial charge is 0.196 e. The Labute approximate surface area is 70.8 Å². The molecular formula is C7H8NO3S. The highest BCUT2D eigenvalue weighted by Gasteiger charge is 2.12. The van der Waals surface area contributed by atoms with Crippen molar-refractivity contribution < 1.29 is 13.5 Å². The third-order valence-electron chi connectivity index (χ3n) is 1.41. The summed E-state index contributed by atoms with van der Waals surface area (Å²) in [6, 6.07) is 2.41. The normalized spacial score (nSPS) is 11.4. The van der Waals surface area contributed by atoms with Crippen molar-refractivity contribution in [1.82, 2.24) is 4.98 Å². The summed E-state index contributed by atoms with van der Waals surface area (Å²) in [5.74, 6) is -0.289. The number of pyridine rings is 1. The first-order chi connectivity index (χ1) is 5.56. The van der Waals surface area contributed by atoms with E-state index in [1.54, 1.807) is 0 Å². The summed E-state index contributed by atoms with van der Waals surface area (Å²) in [6.45, 7) is 1.53. The van der Waals surface area contributed by atoms with Gasteiger partial charge in [-0.05, 0) is 12.1 Å². The second-order valence-electron chi connectivity index (χ2n) is 2.24. The lowest BCUT2D eigenvalue weighted by molar-refractivity contribution is 0.352. The predicted octanol–water partition coefficient (Wildman–Crippen LogP) is 1.02. The van der Waals surface area contributed by atoms with Gasteiger partial charge in [0, 0.05) is 0 Å². The fraction of sp³-hybridized carbons (Fsp3) is 0.286. The molecule has 0 unspecified atom stereocenters. The Kier molecular flexibility index (Phi) is 2.32. The lowest BCUT2D eigenvalue weighted by Gasteiger charge is -1.97. The summed E-state index contributed by atoms with van der Waals surface area (Å²) in [6.07, 6.45) is 1.00. The monoisotopic (exact) mass is 186 g/mol. The van der Waals surface area contributed by atoms with Crippen LogP contribution in [0.2, 0.25) is 0 Å². The van der Waals surface area contributed by atoms with E-state index in [-0.39, 0.29) is 16.5 Å². The highest BCUT2D eigenvalue weighted by atomic mass is 32.2. The van der Waals surface area contributed by atoms with Gasteiger partial charge in [0.1, 0.15) is 0 Å². The van der Waals surface area contributed by atoms with Gasteiger partial charge in [-0.15, -0.1) is 0 Å². The average Bonchev–Trinajstić information content (AvgIpc) is 2.05. The zero-order chi connectivity index (χ0) is 9.19. The van der Waals surface area contributed by atoms with E-state index in [4.69, 9.17) is 0 Å². The molecule has 1 radical (unpaired) electrons. The molecule has 12 heavy (non-hydrogen) atoms. The second-order valence-corrected chi connectivity index (χ2v) is 4.46. The van der Waals surface area contributed by atoms with E-state index in [0.29, 0.717) is 0 Å². The second kappa shape index (κ2) is 3.10. The van der Waals surface area contributed by atoms with Crippen LogP contribution in [0.15, 0.2) is 23.4 Å². The highest BCUT2D eigenvalue weighted by Crippen LogP contribution is 2.11. The first kappa shape index (κ1) is 8.99. The van der Waals surface area contributed by atoms with Crippen molar-refractivity contribution >= 4 is 9.84 Å². The van der Waals surface area contributed by atoms with Gasteiger partial charge in [0.05, 0.1) is 11.9 Å². The van der Waals surface area contributed by atoms with Crippen LogP contribution in [0.1, 0.15) is 6.92 Å². The molecule has 0 aromatic carbocycles. The van der Waals surface area contributed by atoms with E-state index in [1.807, 2.05) is 0 Å². The number of aromatic nitrogens is 1. The topological polar surface area (TPSA) is 66.9 Å². The van der Waals surface area contributed by atoms with E-state index in [0.717, 1.165) is 6.20 Å². The van der Waals surface area contributed by atoms with Crippen LogP contribution in [0.5, 0.6) is 5.75 Å². The molecule has 0 fully saturated rings. The third-order valence-corrected chi connectivity index (χ3v) is 3.05. The van der Waals surface area contributed by atoms with Crippen LogP contribution >= 0.6 is 0 Å². The molecule has 0 atom stereocenters. The van der Waals surface area contributed by atoms with E-state index in [1.165, 1.54) is 19.1 Å². The van der Waals surface area contributed by atoms with Crippen LogP contribution in [0, 0.1) is 0 Å².